The number of rotatable bonds is 41. The highest BCUT2D eigenvalue weighted by atomic mass is 16.5. The van der Waals surface area contributed by atoms with Gasteiger partial charge >= 0.3 is 5.97 Å². The predicted octanol–water partition coefficient (Wildman–Crippen LogP) is 13.9. The van der Waals surface area contributed by atoms with Crippen LogP contribution in [0.15, 0.2) is 0 Å². The summed E-state index contributed by atoms with van der Waals surface area (Å²) in [5.41, 5.74) is 0. The number of esters is 1. The summed E-state index contributed by atoms with van der Waals surface area (Å²) in [6, 6.07) is 0. The van der Waals surface area contributed by atoms with Gasteiger partial charge in [-0.25, -0.2) is 0 Å². The number of ketones is 1. The largest absolute Gasteiger partial charge is 0.465 e. The molecule has 53 heavy (non-hydrogen) atoms. The van der Waals surface area contributed by atoms with Crippen molar-refractivity contribution in [3.63, 3.8) is 0 Å². The molecular weight excluding hydrogens is 653 g/mol. The average molecular weight is 747 g/mol. The molecular formula is C48H94N2O3. The van der Waals surface area contributed by atoms with Gasteiger partial charge in [0, 0.05) is 32.5 Å². The standard InChI is InChI=1S/C48H94N2O3/c1-5-9-13-17-19-24-31-45(30-22-15-11-7-3)35-36-47(51)34-26-21-27-38-50(43-42-49-39-28-29-40-49)41-37-48(52)53-44-46(32-23-16-12-8-4)33-25-20-18-14-10-6-2/h45-46H,5-44H2,1-4H3. The van der Waals surface area contributed by atoms with E-state index in [-0.39, 0.29) is 5.97 Å². The fourth-order valence-electron chi connectivity index (χ4n) is 8.37. The van der Waals surface area contributed by atoms with Crippen molar-refractivity contribution in [2.45, 2.75) is 240 Å². The number of hydrogen-bond donors (Lipinski definition) is 0. The van der Waals surface area contributed by atoms with Gasteiger partial charge in [-0.15, -0.1) is 0 Å². The third kappa shape index (κ3) is 31.9. The summed E-state index contributed by atoms with van der Waals surface area (Å²) in [6.45, 7) is 16.1. The lowest BCUT2D eigenvalue weighted by Gasteiger charge is -2.25. The Hall–Kier alpha value is -0.940. The number of likely N-dealkylation sites (tertiary alicyclic amines) is 1. The Morgan fingerprint density at radius 3 is 1.51 bits per heavy atom. The highest BCUT2D eigenvalue weighted by Crippen LogP contribution is 2.24. The van der Waals surface area contributed by atoms with E-state index in [9.17, 15) is 9.59 Å². The molecule has 1 aliphatic rings. The lowest BCUT2D eigenvalue weighted by atomic mass is 9.89. The fourth-order valence-corrected chi connectivity index (χ4v) is 8.37. The Morgan fingerprint density at radius 2 is 0.962 bits per heavy atom. The maximum absolute atomic E-state index is 13.0. The van der Waals surface area contributed by atoms with Crippen LogP contribution in [0, 0.1) is 11.8 Å². The lowest BCUT2D eigenvalue weighted by Crippen LogP contribution is -2.36. The normalized spacial score (nSPS) is 14.7. The minimum atomic E-state index is -0.0107. The van der Waals surface area contributed by atoms with Gasteiger partial charge in [-0.3, -0.25) is 9.59 Å². The van der Waals surface area contributed by atoms with Crippen molar-refractivity contribution < 1.29 is 14.3 Å². The van der Waals surface area contributed by atoms with Crippen LogP contribution in [0.3, 0.4) is 0 Å². The van der Waals surface area contributed by atoms with Crippen LogP contribution in [-0.2, 0) is 14.3 Å². The van der Waals surface area contributed by atoms with E-state index in [0.717, 1.165) is 70.6 Å². The molecule has 0 N–H and O–H groups in total. The number of ether oxygens (including phenoxy) is 1. The van der Waals surface area contributed by atoms with Crippen molar-refractivity contribution in [1.82, 2.24) is 9.80 Å². The monoisotopic (exact) mass is 747 g/mol. The van der Waals surface area contributed by atoms with E-state index in [4.69, 9.17) is 4.74 Å². The molecule has 0 aromatic heterocycles. The molecule has 0 spiro atoms. The van der Waals surface area contributed by atoms with E-state index >= 15 is 0 Å². The molecule has 0 aromatic carbocycles. The molecule has 314 valence electrons. The van der Waals surface area contributed by atoms with Crippen molar-refractivity contribution in [2.24, 2.45) is 11.8 Å². The van der Waals surface area contributed by atoms with Gasteiger partial charge in [0.2, 0.25) is 0 Å². The summed E-state index contributed by atoms with van der Waals surface area (Å²) >= 11 is 0. The van der Waals surface area contributed by atoms with Crippen LogP contribution in [0.25, 0.3) is 0 Å². The zero-order chi connectivity index (χ0) is 38.5. The second kappa shape index (κ2) is 38.0. The zero-order valence-corrected chi connectivity index (χ0v) is 36.6. The first-order chi connectivity index (χ1) is 26.0. The highest BCUT2D eigenvalue weighted by Gasteiger charge is 2.17. The van der Waals surface area contributed by atoms with Crippen LogP contribution in [0.5, 0.6) is 0 Å². The first kappa shape index (κ1) is 50.1. The Kier molecular flexibility index (Phi) is 35.9. The number of carbonyl (C=O) groups is 2. The maximum atomic E-state index is 13.0. The summed E-state index contributed by atoms with van der Waals surface area (Å²) in [6.07, 6.45) is 40.7. The molecule has 5 heteroatoms. The number of unbranched alkanes of at least 4 members (excludes halogenated alkanes) is 18. The molecule has 0 aromatic rings. The molecule has 1 fully saturated rings. The second-order valence-electron chi connectivity index (χ2n) is 17.3. The fraction of sp³-hybridized carbons (Fsp3) is 0.958. The SMILES string of the molecule is CCCCCCCCC(CCCCCC)CCC(=O)CCCCCN(CCC(=O)OCC(CCCCCC)CCCCCCCC)CCN1CCCC1. The summed E-state index contributed by atoms with van der Waals surface area (Å²) in [5.74, 6) is 1.74. The summed E-state index contributed by atoms with van der Waals surface area (Å²) < 4.78 is 5.95. The second-order valence-corrected chi connectivity index (χ2v) is 17.3. The van der Waals surface area contributed by atoms with Crippen molar-refractivity contribution >= 4 is 11.8 Å². The molecule has 2 unspecified atom stereocenters. The van der Waals surface area contributed by atoms with Crippen molar-refractivity contribution in [3.8, 4) is 0 Å². The first-order valence-electron chi connectivity index (χ1n) is 24.1. The molecule has 1 rings (SSSR count). The molecule has 0 amide bonds. The molecule has 1 heterocycles. The number of carbonyl (C=O) groups excluding carboxylic acids is 2. The zero-order valence-electron chi connectivity index (χ0n) is 36.6. The van der Waals surface area contributed by atoms with Gasteiger partial charge < -0.3 is 14.5 Å². The minimum absolute atomic E-state index is 0.0107. The van der Waals surface area contributed by atoms with Gasteiger partial charge in [0.1, 0.15) is 5.78 Å². The van der Waals surface area contributed by atoms with Gasteiger partial charge in [-0.2, -0.15) is 0 Å². The maximum Gasteiger partial charge on any atom is 0.307 e. The third-order valence-electron chi connectivity index (χ3n) is 12.2. The van der Waals surface area contributed by atoms with Crippen LogP contribution in [0.4, 0.5) is 0 Å². The summed E-state index contributed by atoms with van der Waals surface area (Å²) in [5, 5.41) is 0. The summed E-state index contributed by atoms with van der Waals surface area (Å²) in [7, 11) is 0. The van der Waals surface area contributed by atoms with E-state index in [2.05, 4.69) is 37.5 Å². The van der Waals surface area contributed by atoms with E-state index < -0.39 is 0 Å². The smallest absolute Gasteiger partial charge is 0.307 e. The van der Waals surface area contributed by atoms with Crippen molar-refractivity contribution in [1.29, 1.82) is 0 Å². The molecule has 0 saturated carbocycles. The van der Waals surface area contributed by atoms with Gasteiger partial charge in [0.15, 0.2) is 0 Å². The topological polar surface area (TPSA) is 49.9 Å². The van der Waals surface area contributed by atoms with Gasteiger partial charge in [-0.05, 0) is 76.4 Å². The van der Waals surface area contributed by atoms with Crippen LogP contribution in [0.2, 0.25) is 0 Å². The Bertz CT molecular complexity index is 798. The van der Waals surface area contributed by atoms with Crippen LogP contribution >= 0.6 is 0 Å². The minimum Gasteiger partial charge on any atom is -0.465 e. The van der Waals surface area contributed by atoms with Crippen LogP contribution < -0.4 is 0 Å². The molecule has 0 radical (unpaired) electrons. The summed E-state index contributed by atoms with van der Waals surface area (Å²) in [4.78, 5) is 31.0. The Balaban J connectivity index is 2.45. The van der Waals surface area contributed by atoms with Crippen LogP contribution in [-0.4, -0.2) is 67.4 Å². The molecule has 0 aliphatic carbocycles. The molecule has 0 bridgehead atoms. The van der Waals surface area contributed by atoms with Gasteiger partial charge in [-0.1, -0.05) is 175 Å². The number of Topliss-reactive ketones (excluding diaryl/α,β-unsaturated/α-hetero) is 1. The lowest BCUT2D eigenvalue weighted by molar-refractivity contribution is -0.145. The average Bonchev–Trinajstić information content (AvgIpc) is 3.69. The number of nitrogens with zero attached hydrogens (tertiary/aromatic N) is 2. The molecule has 1 saturated heterocycles. The third-order valence-corrected chi connectivity index (χ3v) is 12.2. The van der Waals surface area contributed by atoms with E-state index in [1.165, 1.54) is 180 Å². The van der Waals surface area contributed by atoms with E-state index in [0.29, 0.717) is 24.7 Å². The Labute approximate surface area is 332 Å². The van der Waals surface area contributed by atoms with Gasteiger partial charge in [0.05, 0.1) is 13.0 Å². The quantitative estimate of drug-likeness (QED) is 0.0460. The predicted molar refractivity (Wildman–Crippen MR) is 231 cm³/mol. The Morgan fingerprint density at radius 1 is 0.491 bits per heavy atom. The van der Waals surface area contributed by atoms with Crippen molar-refractivity contribution in [3.05, 3.63) is 0 Å². The highest BCUT2D eigenvalue weighted by molar-refractivity contribution is 5.78. The van der Waals surface area contributed by atoms with E-state index in [1.807, 2.05) is 0 Å². The van der Waals surface area contributed by atoms with Crippen LogP contribution in [0.1, 0.15) is 240 Å². The van der Waals surface area contributed by atoms with E-state index in [1.54, 1.807) is 0 Å². The number of hydrogen-bond acceptors (Lipinski definition) is 5. The van der Waals surface area contributed by atoms with Crippen molar-refractivity contribution in [2.75, 3.05) is 45.9 Å². The molecule has 5 nitrogen and oxygen atoms in total. The van der Waals surface area contributed by atoms with Gasteiger partial charge in [0.25, 0.3) is 0 Å². The molecule has 1 aliphatic heterocycles. The first-order valence-corrected chi connectivity index (χ1v) is 24.1. The molecule has 2 atom stereocenters.